The van der Waals surface area contributed by atoms with Gasteiger partial charge in [0, 0.05) is 66.9 Å². The number of nitrogens with zero attached hydrogens (tertiary/aromatic N) is 4. The van der Waals surface area contributed by atoms with Crippen molar-refractivity contribution in [3.05, 3.63) is 413 Å². The maximum Gasteiger partial charge on any atom is 0.0547 e. The molecule has 18 aromatic carbocycles. The molecule has 0 saturated carbocycles. The highest BCUT2D eigenvalue weighted by Crippen LogP contribution is 2.45. The van der Waals surface area contributed by atoms with Gasteiger partial charge in [-0.05, 0) is 209 Å². The van der Waals surface area contributed by atoms with Crippen molar-refractivity contribution >= 4 is 121 Å². The molecular formula is C100H68N4. The van der Waals surface area contributed by atoms with Crippen molar-refractivity contribution in [1.29, 1.82) is 0 Å². The van der Waals surface area contributed by atoms with E-state index in [1.54, 1.807) is 0 Å². The minimum Gasteiger partial charge on any atom is -0.311 e. The van der Waals surface area contributed by atoms with Gasteiger partial charge in [-0.25, -0.2) is 0 Å². The molecule has 0 bridgehead atoms. The fourth-order valence-corrected chi connectivity index (χ4v) is 15.7. The first kappa shape index (κ1) is 61.3. The SMILES string of the molecule is c1ccc(-c2ccc(N(c3ccccc3)c3ccccc3-c3ccc(-n4c5ccc6ccccc6c5c5c6ccccc6ccc54)cc3)cc2)cc1.c1ccc(N(c2ccc(-c3ccc(-n4c5ccccc5c5cc6ccccc6cc54)cc3)cc2)c2ccc(-c3ccc4ccccc4c3)cc2)cc1. The van der Waals surface area contributed by atoms with E-state index in [1.165, 1.54) is 126 Å². The molecule has 0 N–H and O–H groups in total. The smallest absolute Gasteiger partial charge is 0.0547 e. The van der Waals surface area contributed by atoms with E-state index in [0.717, 1.165) is 51.1 Å². The summed E-state index contributed by atoms with van der Waals surface area (Å²) >= 11 is 0. The quantitative estimate of drug-likeness (QED) is 0.121. The first-order valence-corrected chi connectivity index (χ1v) is 35.7. The molecule has 104 heavy (non-hydrogen) atoms. The molecule has 0 amide bonds. The molecule has 0 radical (unpaired) electrons. The fraction of sp³-hybridized carbons (Fsp3) is 0. The van der Waals surface area contributed by atoms with E-state index in [4.69, 9.17) is 0 Å². The molecular weight excluding hydrogens is 1260 g/mol. The normalized spacial score (nSPS) is 11.5. The lowest BCUT2D eigenvalue weighted by Crippen LogP contribution is -2.11. The summed E-state index contributed by atoms with van der Waals surface area (Å²) in [5.74, 6) is 0. The van der Waals surface area contributed by atoms with Crippen LogP contribution in [0.4, 0.5) is 34.1 Å². The highest BCUT2D eigenvalue weighted by Gasteiger charge is 2.22. The number of benzene rings is 18. The minimum absolute atomic E-state index is 1.11. The van der Waals surface area contributed by atoms with Gasteiger partial charge in [0.2, 0.25) is 0 Å². The number of fused-ring (bicyclic) bond motifs is 12. The Morgan fingerprint density at radius 3 is 1.09 bits per heavy atom. The number of para-hydroxylation sites is 4. The van der Waals surface area contributed by atoms with Crippen LogP contribution < -0.4 is 9.80 Å². The molecule has 2 aromatic heterocycles. The Balaban J connectivity index is 0.000000143. The zero-order valence-corrected chi connectivity index (χ0v) is 57.0. The Kier molecular flexibility index (Phi) is 15.5. The summed E-state index contributed by atoms with van der Waals surface area (Å²) in [4.78, 5) is 4.68. The molecule has 0 spiro atoms. The average Bonchev–Trinajstić information content (AvgIpc) is 1.56. The summed E-state index contributed by atoms with van der Waals surface area (Å²) in [6.45, 7) is 0. The van der Waals surface area contributed by atoms with Crippen LogP contribution in [0.25, 0.3) is 143 Å². The van der Waals surface area contributed by atoms with E-state index >= 15 is 0 Å². The van der Waals surface area contributed by atoms with Crippen molar-refractivity contribution in [2.24, 2.45) is 0 Å². The molecule has 0 aliphatic rings. The highest BCUT2D eigenvalue weighted by atomic mass is 15.1. The van der Waals surface area contributed by atoms with Gasteiger partial charge in [0.15, 0.2) is 0 Å². The number of rotatable bonds is 12. The number of aromatic nitrogens is 2. The molecule has 2 heterocycles. The summed E-state index contributed by atoms with van der Waals surface area (Å²) in [6, 6.07) is 149. The zero-order chi connectivity index (χ0) is 68.9. The monoisotopic (exact) mass is 1320 g/mol. The molecule has 20 rings (SSSR count). The van der Waals surface area contributed by atoms with Crippen molar-refractivity contribution in [3.8, 4) is 55.9 Å². The van der Waals surface area contributed by atoms with Crippen molar-refractivity contribution in [2.45, 2.75) is 0 Å². The summed E-state index contributed by atoms with van der Waals surface area (Å²) < 4.78 is 4.83. The van der Waals surface area contributed by atoms with Crippen molar-refractivity contribution in [3.63, 3.8) is 0 Å². The van der Waals surface area contributed by atoms with Crippen LogP contribution in [0.2, 0.25) is 0 Å². The lowest BCUT2D eigenvalue weighted by molar-refractivity contribution is 1.18. The van der Waals surface area contributed by atoms with E-state index in [2.05, 4.69) is 431 Å². The Morgan fingerprint density at radius 2 is 0.529 bits per heavy atom. The molecule has 4 nitrogen and oxygen atoms in total. The van der Waals surface area contributed by atoms with Crippen LogP contribution in [0.1, 0.15) is 0 Å². The third-order valence-electron chi connectivity index (χ3n) is 20.7. The second kappa shape index (κ2) is 26.4. The maximum absolute atomic E-state index is 2.43. The van der Waals surface area contributed by atoms with Gasteiger partial charge in [0.1, 0.15) is 0 Å². The number of hydrogen-bond acceptors (Lipinski definition) is 2. The van der Waals surface area contributed by atoms with E-state index in [1.807, 2.05) is 0 Å². The van der Waals surface area contributed by atoms with Crippen molar-refractivity contribution in [2.75, 3.05) is 9.80 Å². The van der Waals surface area contributed by atoms with E-state index in [-0.39, 0.29) is 0 Å². The fourth-order valence-electron chi connectivity index (χ4n) is 15.7. The zero-order valence-electron chi connectivity index (χ0n) is 57.0. The van der Waals surface area contributed by atoms with Crippen LogP contribution in [0.3, 0.4) is 0 Å². The van der Waals surface area contributed by atoms with Gasteiger partial charge in [-0.1, -0.05) is 285 Å². The lowest BCUT2D eigenvalue weighted by Gasteiger charge is -2.28. The first-order valence-electron chi connectivity index (χ1n) is 35.7. The molecule has 0 fully saturated rings. The van der Waals surface area contributed by atoms with Crippen LogP contribution in [0.15, 0.2) is 413 Å². The maximum atomic E-state index is 2.43. The molecule has 0 unspecified atom stereocenters. The Hall–Kier alpha value is -13.8. The first-order chi connectivity index (χ1) is 51.6. The largest absolute Gasteiger partial charge is 0.311 e. The molecule has 0 atom stereocenters. The predicted octanol–water partition coefficient (Wildman–Crippen LogP) is 27.8. The summed E-state index contributed by atoms with van der Waals surface area (Å²) in [7, 11) is 0. The van der Waals surface area contributed by atoms with Crippen molar-refractivity contribution < 1.29 is 0 Å². The van der Waals surface area contributed by atoms with E-state index in [0.29, 0.717) is 0 Å². The molecule has 4 heteroatoms. The van der Waals surface area contributed by atoms with Crippen LogP contribution in [0.5, 0.6) is 0 Å². The van der Waals surface area contributed by atoms with Gasteiger partial charge in [0.05, 0.1) is 27.8 Å². The molecule has 20 aromatic rings. The second-order valence-electron chi connectivity index (χ2n) is 26.8. The Morgan fingerprint density at radius 1 is 0.173 bits per heavy atom. The number of hydrogen-bond donors (Lipinski definition) is 0. The summed E-state index contributed by atoms with van der Waals surface area (Å²) in [6.07, 6.45) is 0. The lowest BCUT2D eigenvalue weighted by atomic mass is 10.00. The van der Waals surface area contributed by atoms with Gasteiger partial charge in [-0.2, -0.15) is 0 Å². The summed E-state index contributed by atoms with van der Waals surface area (Å²) in [5.41, 5.74) is 23.4. The van der Waals surface area contributed by atoms with Gasteiger partial charge in [0.25, 0.3) is 0 Å². The van der Waals surface area contributed by atoms with Crippen LogP contribution in [0, 0.1) is 0 Å². The van der Waals surface area contributed by atoms with Crippen LogP contribution >= 0.6 is 0 Å². The summed E-state index contributed by atoms with van der Waals surface area (Å²) in [5, 5.41) is 15.3. The van der Waals surface area contributed by atoms with Crippen LogP contribution in [-0.4, -0.2) is 9.13 Å². The number of anilines is 6. The Bertz CT molecular complexity index is 6450. The molecule has 0 saturated heterocycles. The van der Waals surface area contributed by atoms with Gasteiger partial charge in [-0.15, -0.1) is 0 Å². The van der Waals surface area contributed by atoms with E-state index in [9.17, 15) is 0 Å². The average molecular weight is 1330 g/mol. The molecule has 0 aliphatic carbocycles. The van der Waals surface area contributed by atoms with Gasteiger partial charge in [-0.3, -0.25) is 0 Å². The molecule has 0 aliphatic heterocycles. The molecule has 488 valence electrons. The van der Waals surface area contributed by atoms with Gasteiger partial charge < -0.3 is 18.9 Å². The van der Waals surface area contributed by atoms with Crippen molar-refractivity contribution in [1.82, 2.24) is 9.13 Å². The van der Waals surface area contributed by atoms with Gasteiger partial charge >= 0.3 is 0 Å². The topological polar surface area (TPSA) is 16.3 Å². The predicted molar refractivity (Wildman–Crippen MR) is 443 cm³/mol. The third kappa shape index (κ3) is 11.2. The third-order valence-corrected chi connectivity index (χ3v) is 20.7. The highest BCUT2D eigenvalue weighted by molar-refractivity contribution is 6.28. The second-order valence-corrected chi connectivity index (χ2v) is 26.8. The standard InChI is InChI=1S/2C50H34N2/c1-3-13-35(14-4-1)36-23-29-41(30-24-36)51(40-17-5-2-6-18-40)46-22-12-11-19-43(46)39-25-31-42(32-26-39)52-47-33-27-37-15-7-9-20-44(37)49(47)50-45-21-10-8-16-38(45)28-34-48(50)52;1-2-14-43(15-3-1)51(45-28-24-38(25-29-45)42-19-18-35-10-4-5-11-39(35)32-42)44-26-20-36(21-27-44)37-22-30-46(31-23-37)52-49-17-9-8-16-47(49)48-33-40-12-6-7-13-41(40)34-50(48)52/h2*1-34H. The Labute approximate surface area is 604 Å². The van der Waals surface area contributed by atoms with Crippen LogP contribution in [-0.2, 0) is 0 Å². The van der Waals surface area contributed by atoms with E-state index < -0.39 is 0 Å². The minimum atomic E-state index is 1.11.